The monoisotopic (exact) mass is 169 g/mol. The lowest BCUT2D eigenvalue weighted by atomic mass is 10.3. The van der Waals surface area contributed by atoms with Crippen molar-refractivity contribution < 1.29 is 0 Å². The number of rotatable bonds is 2. The summed E-state index contributed by atoms with van der Waals surface area (Å²) in [6, 6.07) is 0. The van der Waals surface area contributed by atoms with E-state index in [0.29, 0.717) is 7.55 Å². The molecule has 0 radical (unpaired) electrons. The molecule has 0 aromatic heterocycles. The first-order valence-corrected chi connectivity index (χ1v) is 6.29. The van der Waals surface area contributed by atoms with Gasteiger partial charge in [-0.1, -0.05) is 12.2 Å². The fourth-order valence-corrected chi connectivity index (χ4v) is 3.80. The van der Waals surface area contributed by atoms with Gasteiger partial charge in [0.25, 0.3) is 0 Å². The van der Waals surface area contributed by atoms with Crippen molar-refractivity contribution in [3.05, 3.63) is 12.2 Å². The summed E-state index contributed by atoms with van der Waals surface area (Å²) in [7, 11) is 0.310. The van der Waals surface area contributed by atoms with Crippen LogP contribution in [0, 0.1) is 0 Å². The van der Waals surface area contributed by atoms with Crippen LogP contribution in [-0.2, 0) is 0 Å². The highest BCUT2D eigenvalue weighted by Crippen LogP contribution is 2.31. The molecule has 1 aliphatic heterocycles. The second-order valence-corrected chi connectivity index (χ2v) is 5.88. The lowest BCUT2D eigenvalue weighted by Crippen LogP contribution is -1.95. The zero-order chi connectivity index (χ0) is 8.10. The molecule has 0 saturated carbocycles. The third-order valence-electron chi connectivity index (χ3n) is 2.09. The molecule has 1 saturated heterocycles. The number of allylic oxidation sites excluding steroid dienone is 1. The Labute approximate surface area is 71.1 Å². The summed E-state index contributed by atoms with van der Waals surface area (Å²) in [4.78, 5) is 0. The molecule has 0 unspecified atom stereocenters. The van der Waals surface area contributed by atoms with Gasteiger partial charge in [-0.2, -0.15) is 0 Å². The van der Waals surface area contributed by atoms with Crippen molar-refractivity contribution in [1.29, 1.82) is 0 Å². The summed E-state index contributed by atoms with van der Waals surface area (Å²) >= 11 is 0. The van der Waals surface area contributed by atoms with Gasteiger partial charge in [0, 0.05) is 6.42 Å². The van der Waals surface area contributed by atoms with E-state index in [2.05, 4.69) is 19.3 Å². The van der Waals surface area contributed by atoms with Crippen molar-refractivity contribution in [1.82, 2.24) is 0 Å². The molecule has 62 valence electrons. The second kappa shape index (κ2) is 4.72. The fraction of sp³-hybridized carbons (Fsp3) is 0.700. The molecule has 0 nitrogen and oxygen atoms in total. The lowest BCUT2D eigenvalue weighted by molar-refractivity contribution is 0.758. The van der Waals surface area contributed by atoms with E-state index >= 15 is 0 Å². The van der Waals surface area contributed by atoms with E-state index in [9.17, 15) is 0 Å². The quantitative estimate of drug-likeness (QED) is 0.439. The van der Waals surface area contributed by atoms with E-state index in [0.717, 1.165) is 6.42 Å². The predicted molar refractivity (Wildman–Crippen MR) is 56.0 cm³/mol. The molecule has 1 heterocycles. The first-order valence-electron chi connectivity index (χ1n) is 4.51. The largest absolute Gasteiger partial charge is 0.106 e. The van der Waals surface area contributed by atoms with Crippen molar-refractivity contribution in [3.63, 3.8) is 0 Å². The first-order chi connectivity index (χ1) is 5.29. The summed E-state index contributed by atoms with van der Waals surface area (Å²) in [5.41, 5.74) is 1.32. The minimum absolute atomic E-state index is 0.310. The molecule has 1 fully saturated rings. The summed E-state index contributed by atoms with van der Waals surface area (Å²) < 4.78 is 0. The van der Waals surface area contributed by atoms with Gasteiger partial charge in [-0.15, -0.1) is 0 Å². The smallest absolute Gasteiger partial charge is 0.0997 e. The second-order valence-electron chi connectivity index (χ2n) is 3.44. The van der Waals surface area contributed by atoms with Crippen LogP contribution in [0.2, 0.25) is 0 Å². The third-order valence-corrected chi connectivity index (χ3v) is 4.57. The SMILES string of the molecule is C=C(C)CC=[P+]1CCCCC1. The average Bonchev–Trinajstić information content (AvgIpc) is 2.03. The third kappa shape index (κ3) is 3.72. The Kier molecular flexibility index (Phi) is 3.86. The number of hydrogen-bond acceptors (Lipinski definition) is 0. The normalized spacial score (nSPS) is 18.1. The molecule has 0 N–H and O–H groups in total. The number of hydrogen-bond donors (Lipinski definition) is 0. The highest BCUT2D eigenvalue weighted by molar-refractivity contribution is 7.57. The maximum atomic E-state index is 3.92. The van der Waals surface area contributed by atoms with Crippen molar-refractivity contribution >= 4 is 13.3 Å². The molecule has 0 spiro atoms. The van der Waals surface area contributed by atoms with Gasteiger partial charge >= 0.3 is 0 Å². The van der Waals surface area contributed by atoms with Crippen molar-refractivity contribution in [3.8, 4) is 0 Å². The van der Waals surface area contributed by atoms with Crippen LogP contribution in [0.25, 0.3) is 0 Å². The van der Waals surface area contributed by atoms with Gasteiger partial charge in [0.2, 0.25) is 0 Å². The molecule has 1 rings (SSSR count). The van der Waals surface area contributed by atoms with Gasteiger partial charge in [0.1, 0.15) is 12.3 Å². The van der Waals surface area contributed by atoms with Crippen LogP contribution in [0.5, 0.6) is 0 Å². The van der Waals surface area contributed by atoms with Crippen molar-refractivity contribution in [2.75, 3.05) is 12.3 Å². The molecule has 0 amide bonds. The van der Waals surface area contributed by atoms with Crippen molar-refractivity contribution in [2.45, 2.75) is 32.6 Å². The molecular weight excluding hydrogens is 151 g/mol. The maximum absolute atomic E-state index is 3.92. The maximum Gasteiger partial charge on any atom is 0.106 e. The molecule has 0 aromatic rings. The van der Waals surface area contributed by atoms with Crippen LogP contribution < -0.4 is 0 Å². The Balaban J connectivity index is 2.32. The highest BCUT2D eigenvalue weighted by atomic mass is 31.1. The molecular formula is C10H18P+. The van der Waals surface area contributed by atoms with E-state index in [1.165, 1.54) is 37.2 Å². The van der Waals surface area contributed by atoms with E-state index in [4.69, 9.17) is 0 Å². The lowest BCUT2D eigenvalue weighted by Gasteiger charge is -2.03. The van der Waals surface area contributed by atoms with Crippen LogP contribution in [0.1, 0.15) is 32.6 Å². The van der Waals surface area contributed by atoms with Gasteiger partial charge in [-0.3, -0.25) is 0 Å². The van der Waals surface area contributed by atoms with Crippen LogP contribution in [0.4, 0.5) is 0 Å². The van der Waals surface area contributed by atoms with Gasteiger partial charge in [0.15, 0.2) is 0 Å². The average molecular weight is 169 g/mol. The fourth-order valence-electron chi connectivity index (χ4n) is 1.39. The van der Waals surface area contributed by atoms with Gasteiger partial charge in [-0.05, 0) is 26.2 Å². The Bertz CT molecular complexity index is 160. The Morgan fingerprint density at radius 2 is 2.00 bits per heavy atom. The summed E-state index contributed by atoms with van der Waals surface area (Å²) in [5, 5.41) is 0. The van der Waals surface area contributed by atoms with E-state index in [-0.39, 0.29) is 0 Å². The zero-order valence-electron chi connectivity index (χ0n) is 7.47. The summed E-state index contributed by atoms with van der Waals surface area (Å²) in [6.07, 6.45) is 8.55. The molecule has 0 aliphatic carbocycles. The summed E-state index contributed by atoms with van der Waals surface area (Å²) in [5.74, 6) is 2.52. The van der Waals surface area contributed by atoms with Gasteiger partial charge in [-0.25, -0.2) is 0 Å². The van der Waals surface area contributed by atoms with Crippen LogP contribution >= 0.6 is 7.55 Å². The van der Waals surface area contributed by atoms with Crippen LogP contribution in [0.15, 0.2) is 12.2 Å². The molecule has 0 atom stereocenters. The molecule has 1 aliphatic rings. The molecule has 0 bridgehead atoms. The predicted octanol–water partition coefficient (Wildman–Crippen LogP) is 3.42. The first kappa shape index (κ1) is 9.00. The standard InChI is InChI=1S/C10H18P/c1-10(2)6-9-11-7-4-3-5-8-11/h9H,1,3-8H2,2H3/q+1. The van der Waals surface area contributed by atoms with E-state index < -0.39 is 0 Å². The molecule has 1 heteroatoms. The minimum Gasteiger partial charge on any atom is -0.0997 e. The zero-order valence-corrected chi connectivity index (χ0v) is 8.37. The Morgan fingerprint density at radius 1 is 1.36 bits per heavy atom. The summed E-state index contributed by atoms with van der Waals surface area (Å²) in [6.45, 7) is 6.04. The van der Waals surface area contributed by atoms with Gasteiger partial charge in [0.05, 0.1) is 13.3 Å². The van der Waals surface area contributed by atoms with Crippen LogP contribution in [0.3, 0.4) is 0 Å². The van der Waals surface area contributed by atoms with Gasteiger partial charge < -0.3 is 0 Å². The minimum atomic E-state index is 0.310. The highest BCUT2D eigenvalue weighted by Gasteiger charge is 2.13. The Morgan fingerprint density at radius 3 is 2.55 bits per heavy atom. The van der Waals surface area contributed by atoms with E-state index in [1.807, 2.05) is 0 Å². The molecule has 0 aromatic carbocycles. The topological polar surface area (TPSA) is 0 Å². The Hall–Kier alpha value is -0.0900. The van der Waals surface area contributed by atoms with Crippen molar-refractivity contribution in [2.24, 2.45) is 0 Å². The molecule has 11 heavy (non-hydrogen) atoms. The van der Waals surface area contributed by atoms with Crippen LogP contribution in [-0.4, -0.2) is 18.1 Å². The van der Waals surface area contributed by atoms with E-state index in [1.54, 1.807) is 0 Å².